The number of carbonyl (C=O) groups excluding carboxylic acids is 2. The minimum atomic E-state index is -1.02. The molecule has 0 spiro atoms. The molecular formula is C24H17Cl3N2O4. The van der Waals surface area contributed by atoms with Gasteiger partial charge in [0, 0.05) is 21.1 Å². The molecule has 5 rings (SSSR count). The molecule has 0 aromatic heterocycles. The van der Waals surface area contributed by atoms with Crippen LogP contribution in [-0.4, -0.2) is 25.0 Å². The molecule has 9 heteroatoms. The summed E-state index contributed by atoms with van der Waals surface area (Å²) in [6.45, 7) is 0. The number of rotatable bonds is 4. The zero-order valence-electron chi connectivity index (χ0n) is 17.2. The summed E-state index contributed by atoms with van der Waals surface area (Å²) in [7, 11) is 1.52. The van der Waals surface area contributed by atoms with Crippen LogP contribution in [0.1, 0.15) is 11.6 Å². The number of hydroxylamine groups is 1. The van der Waals surface area contributed by atoms with Crippen LogP contribution in [0.3, 0.4) is 0 Å². The van der Waals surface area contributed by atoms with Gasteiger partial charge in [-0.1, -0.05) is 46.9 Å². The summed E-state index contributed by atoms with van der Waals surface area (Å²) in [5.41, 5.74) is 1.68. The topological polar surface area (TPSA) is 59.1 Å². The van der Waals surface area contributed by atoms with Gasteiger partial charge in [0.25, 0.3) is 5.91 Å². The van der Waals surface area contributed by atoms with E-state index < -0.39 is 24.0 Å². The van der Waals surface area contributed by atoms with Crippen molar-refractivity contribution in [1.29, 1.82) is 0 Å². The smallest absolute Gasteiger partial charge is 0.266 e. The van der Waals surface area contributed by atoms with Gasteiger partial charge in [-0.25, -0.2) is 9.96 Å². The number of imide groups is 1. The molecule has 0 N–H and O–H groups in total. The van der Waals surface area contributed by atoms with Gasteiger partial charge in [0.05, 0.1) is 24.5 Å². The summed E-state index contributed by atoms with van der Waals surface area (Å²) in [6.07, 6.45) is -1.02. The Labute approximate surface area is 205 Å². The van der Waals surface area contributed by atoms with E-state index in [1.165, 1.54) is 7.11 Å². The fourth-order valence-corrected chi connectivity index (χ4v) is 4.93. The summed E-state index contributed by atoms with van der Waals surface area (Å²) >= 11 is 18.7. The van der Waals surface area contributed by atoms with E-state index in [9.17, 15) is 9.59 Å². The summed E-state index contributed by atoms with van der Waals surface area (Å²) in [5, 5.41) is 2.94. The lowest BCUT2D eigenvalue weighted by molar-refractivity contribution is -0.126. The van der Waals surface area contributed by atoms with Gasteiger partial charge in [-0.05, 0) is 54.1 Å². The number of hydrogen-bond acceptors (Lipinski definition) is 5. The zero-order chi connectivity index (χ0) is 23.3. The fourth-order valence-electron chi connectivity index (χ4n) is 4.29. The maximum Gasteiger partial charge on any atom is 0.266 e. The first-order valence-corrected chi connectivity index (χ1v) is 11.2. The van der Waals surface area contributed by atoms with E-state index >= 15 is 0 Å². The van der Waals surface area contributed by atoms with Crippen molar-refractivity contribution in [3.63, 3.8) is 0 Å². The van der Waals surface area contributed by atoms with Crippen molar-refractivity contribution in [2.45, 2.75) is 12.1 Å². The van der Waals surface area contributed by atoms with E-state index in [4.69, 9.17) is 44.4 Å². The van der Waals surface area contributed by atoms with E-state index in [0.717, 1.165) is 4.90 Å². The Kier molecular flexibility index (Phi) is 5.70. The Balaban J connectivity index is 1.60. The first-order chi connectivity index (χ1) is 15.9. The van der Waals surface area contributed by atoms with Gasteiger partial charge in [0.2, 0.25) is 5.91 Å². The molecule has 2 heterocycles. The van der Waals surface area contributed by atoms with Gasteiger partial charge >= 0.3 is 0 Å². The number of anilines is 2. The molecule has 2 amide bonds. The van der Waals surface area contributed by atoms with Crippen LogP contribution in [0.15, 0.2) is 66.7 Å². The Morgan fingerprint density at radius 3 is 2.27 bits per heavy atom. The standard InChI is InChI=1S/C24H17Cl3N2O4/c1-32-17-4-2-3-16(12-17)28-23(30)20-21(18-10-7-14(26)11-19(18)27)29(33-22(20)24(28)31)15-8-5-13(25)6-9-15/h2-12,20-22H,1H3. The highest BCUT2D eigenvalue weighted by Crippen LogP contribution is 2.49. The van der Waals surface area contributed by atoms with Crippen molar-refractivity contribution in [1.82, 2.24) is 0 Å². The van der Waals surface area contributed by atoms with Crippen LogP contribution in [0.5, 0.6) is 5.75 Å². The molecule has 6 nitrogen and oxygen atoms in total. The van der Waals surface area contributed by atoms with Crippen molar-refractivity contribution < 1.29 is 19.2 Å². The average Bonchev–Trinajstić information content (AvgIpc) is 3.30. The zero-order valence-corrected chi connectivity index (χ0v) is 19.5. The molecule has 2 aliphatic rings. The summed E-state index contributed by atoms with van der Waals surface area (Å²) < 4.78 is 5.25. The maximum atomic E-state index is 13.7. The number of amides is 2. The molecule has 2 fully saturated rings. The Morgan fingerprint density at radius 2 is 1.58 bits per heavy atom. The Hall–Kier alpha value is -2.77. The summed E-state index contributed by atoms with van der Waals surface area (Å²) in [5.74, 6) is -1.13. The van der Waals surface area contributed by atoms with Crippen LogP contribution < -0.4 is 14.7 Å². The molecular weight excluding hydrogens is 487 g/mol. The van der Waals surface area contributed by atoms with E-state index in [0.29, 0.717) is 37.8 Å². The van der Waals surface area contributed by atoms with Crippen LogP contribution >= 0.6 is 34.8 Å². The van der Waals surface area contributed by atoms with Crippen LogP contribution in [0.25, 0.3) is 0 Å². The molecule has 3 unspecified atom stereocenters. The quantitative estimate of drug-likeness (QED) is 0.427. The molecule has 2 saturated heterocycles. The van der Waals surface area contributed by atoms with E-state index in [2.05, 4.69) is 0 Å². The van der Waals surface area contributed by atoms with Crippen LogP contribution in [0.2, 0.25) is 15.1 Å². The molecule has 0 aliphatic carbocycles. The van der Waals surface area contributed by atoms with E-state index in [1.54, 1.807) is 71.8 Å². The number of ether oxygens (including phenoxy) is 1. The van der Waals surface area contributed by atoms with Gasteiger partial charge in [0.15, 0.2) is 6.10 Å². The van der Waals surface area contributed by atoms with Gasteiger partial charge in [-0.15, -0.1) is 0 Å². The number of halogens is 3. The summed E-state index contributed by atoms with van der Waals surface area (Å²) in [6, 6.07) is 18.1. The molecule has 33 heavy (non-hydrogen) atoms. The lowest BCUT2D eigenvalue weighted by Gasteiger charge is -2.29. The molecule has 0 saturated carbocycles. The fraction of sp³-hybridized carbons (Fsp3) is 0.167. The molecule has 2 aliphatic heterocycles. The lowest BCUT2D eigenvalue weighted by Crippen LogP contribution is -2.37. The highest BCUT2D eigenvalue weighted by Gasteiger charge is 2.60. The summed E-state index contributed by atoms with van der Waals surface area (Å²) in [4.78, 5) is 34.3. The second kappa shape index (κ2) is 8.54. The monoisotopic (exact) mass is 502 g/mol. The number of carbonyl (C=O) groups is 2. The minimum Gasteiger partial charge on any atom is -0.497 e. The predicted octanol–water partition coefficient (Wildman–Crippen LogP) is 5.71. The number of hydrogen-bond donors (Lipinski definition) is 0. The van der Waals surface area contributed by atoms with Crippen LogP contribution in [0.4, 0.5) is 11.4 Å². The first-order valence-electron chi connectivity index (χ1n) is 10.1. The van der Waals surface area contributed by atoms with Gasteiger partial charge < -0.3 is 4.74 Å². The van der Waals surface area contributed by atoms with Gasteiger partial charge in [-0.2, -0.15) is 0 Å². The van der Waals surface area contributed by atoms with Crippen molar-refractivity contribution in [2.75, 3.05) is 17.1 Å². The van der Waals surface area contributed by atoms with E-state index in [-0.39, 0.29) is 5.91 Å². The van der Waals surface area contributed by atoms with Crippen molar-refractivity contribution >= 4 is 58.0 Å². The highest BCUT2D eigenvalue weighted by atomic mass is 35.5. The Morgan fingerprint density at radius 1 is 0.848 bits per heavy atom. The third-order valence-electron chi connectivity index (χ3n) is 5.79. The second-order valence-electron chi connectivity index (χ2n) is 7.68. The number of benzene rings is 3. The average molecular weight is 504 g/mol. The van der Waals surface area contributed by atoms with Crippen molar-refractivity contribution in [3.8, 4) is 5.75 Å². The Bertz CT molecular complexity index is 1250. The third-order valence-corrected chi connectivity index (χ3v) is 6.60. The van der Waals surface area contributed by atoms with E-state index in [1.807, 2.05) is 0 Å². The molecule has 0 radical (unpaired) electrons. The van der Waals surface area contributed by atoms with Crippen molar-refractivity contribution in [3.05, 3.63) is 87.4 Å². The number of methoxy groups -OCH3 is 1. The maximum absolute atomic E-state index is 13.7. The molecule has 3 aromatic rings. The molecule has 0 bridgehead atoms. The first kappa shape index (κ1) is 22.0. The van der Waals surface area contributed by atoms with Crippen LogP contribution in [0, 0.1) is 5.92 Å². The van der Waals surface area contributed by atoms with Crippen molar-refractivity contribution in [2.24, 2.45) is 5.92 Å². The number of fused-ring (bicyclic) bond motifs is 1. The largest absolute Gasteiger partial charge is 0.497 e. The SMILES string of the molecule is COc1cccc(N2C(=O)C3ON(c4ccc(Cl)cc4)C(c4ccc(Cl)cc4Cl)C3C2=O)c1. The third kappa shape index (κ3) is 3.73. The molecule has 168 valence electrons. The normalized spacial score (nSPS) is 22.1. The highest BCUT2D eigenvalue weighted by molar-refractivity contribution is 6.35. The lowest BCUT2D eigenvalue weighted by atomic mass is 9.90. The van der Waals surface area contributed by atoms with Gasteiger partial charge in [0.1, 0.15) is 11.7 Å². The number of nitrogens with zero attached hydrogens (tertiary/aromatic N) is 2. The molecule has 3 aromatic carbocycles. The van der Waals surface area contributed by atoms with Crippen LogP contribution in [-0.2, 0) is 14.4 Å². The second-order valence-corrected chi connectivity index (χ2v) is 8.96. The van der Waals surface area contributed by atoms with Gasteiger partial charge in [-0.3, -0.25) is 14.4 Å². The predicted molar refractivity (Wildman–Crippen MR) is 127 cm³/mol. The minimum absolute atomic E-state index is 0.371. The molecule has 3 atom stereocenters.